The Bertz CT molecular complexity index is 1380. The Morgan fingerprint density at radius 2 is 1.54 bits per heavy atom. The molecule has 0 aliphatic heterocycles. The molecule has 0 aliphatic carbocycles. The minimum Gasteiger partial charge on any atom is -0.352 e. The zero-order chi connectivity index (χ0) is 28.7. The van der Waals surface area contributed by atoms with Gasteiger partial charge in [0, 0.05) is 17.6 Å². The first-order valence-corrected chi connectivity index (χ1v) is 14.4. The standard InChI is InChI=1S/C29H33ClFN3O4S/c1-5-21(3)32-29(36)22(4)33(18-23-8-10-24(30)11-9-23)28(35)19-34(26-14-6-20(2)7-15-26)39(37,38)27-16-12-25(31)13-17-27/h6-17,21-22H,5,18-19H2,1-4H3,(H,32,36)/t21-,22+/m1/s1. The molecule has 0 aliphatic rings. The van der Waals surface area contributed by atoms with Crippen LogP contribution in [0.25, 0.3) is 0 Å². The van der Waals surface area contributed by atoms with Gasteiger partial charge < -0.3 is 10.2 Å². The van der Waals surface area contributed by atoms with Crippen molar-refractivity contribution in [2.24, 2.45) is 0 Å². The molecule has 0 saturated carbocycles. The lowest BCUT2D eigenvalue weighted by atomic mass is 10.1. The summed E-state index contributed by atoms with van der Waals surface area (Å²) in [5, 5.41) is 3.41. The molecule has 2 amide bonds. The summed E-state index contributed by atoms with van der Waals surface area (Å²) in [4.78, 5) is 28.1. The number of aryl methyl sites for hydroxylation is 1. The molecular weight excluding hydrogens is 541 g/mol. The van der Waals surface area contributed by atoms with Crippen molar-refractivity contribution in [2.45, 2.75) is 57.6 Å². The summed E-state index contributed by atoms with van der Waals surface area (Å²) in [5.41, 5.74) is 1.89. The topological polar surface area (TPSA) is 86.8 Å². The zero-order valence-electron chi connectivity index (χ0n) is 22.4. The summed E-state index contributed by atoms with van der Waals surface area (Å²) >= 11 is 6.02. The SMILES string of the molecule is CC[C@@H](C)NC(=O)[C@H](C)N(Cc1ccc(Cl)cc1)C(=O)CN(c1ccc(C)cc1)S(=O)(=O)c1ccc(F)cc1. The van der Waals surface area contributed by atoms with Crippen LogP contribution in [0.1, 0.15) is 38.3 Å². The van der Waals surface area contributed by atoms with Gasteiger partial charge in [-0.1, -0.05) is 48.4 Å². The highest BCUT2D eigenvalue weighted by Gasteiger charge is 2.32. The number of nitrogens with one attached hydrogen (secondary N) is 1. The molecule has 0 radical (unpaired) electrons. The van der Waals surface area contributed by atoms with Crippen molar-refractivity contribution in [1.82, 2.24) is 10.2 Å². The number of carbonyl (C=O) groups is 2. The van der Waals surface area contributed by atoms with Gasteiger partial charge in [0.1, 0.15) is 18.4 Å². The third-order valence-corrected chi connectivity index (χ3v) is 8.48. The monoisotopic (exact) mass is 573 g/mol. The number of sulfonamides is 1. The normalized spacial score (nSPS) is 12.9. The van der Waals surface area contributed by atoms with Gasteiger partial charge in [0.25, 0.3) is 10.0 Å². The average molecular weight is 574 g/mol. The van der Waals surface area contributed by atoms with Crippen molar-refractivity contribution in [3.8, 4) is 0 Å². The summed E-state index contributed by atoms with van der Waals surface area (Å²) in [6.07, 6.45) is 0.709. The molecule has 0 spiro atoms. The van der Waals surface area contributed by atoms with E-state index in [0.717, 1.165) is 39.7 Å². The van der Waals surface area contributed by atoms with E-state index in [0.29, 0.717) is 11.4 Å². The second kappa shape index (κ2) is 13.1. The van der Waals surface area contributed by atoms with Gasteiger partial charge in [-0.2, -0.15) is 0 Å². The van der Waals surface area contributed by atoms with E-state index in [4.69, 9.17) is 11.6 Å². The Morgan fingerprint density at radius 1 is 0.949 bits per heavy atom. The van der Waals surface area contributed by atoms with E-state index in [9.17, 15) is 22.4 Å². The molecule has 0 heterocycles. The van der Waals surface area contributed by atoms with Crippen LogP contribution in [-0.4, -0.2) is 43.8 Å². The van der Waals surface area contributed by atoms with Gasteiger partial charge in [0.15, 0.2) is 0 Å². The maximum absolute atomic E-state index is 13.9. The van der Waals surface area contributed by atoms with Gasteiger partial charge in [0.05, 0.1) is 10.6 Å². The summed E-state index contributed by atoms with van der Waals surface area (Å²) < 4.78 is 42.0. The highest BCUT2D eigenvalue weighted by molar-refractivity contribution is 7.92. The molecule has 2 atom stereocenters. The second-order valence-electron chi connectivity index (χ2n) is 9.44. The fraction of sp³-hybridized carbons (Fsp3) is 0.310. The molecule has 0 unspecified atom stereocenters. The Morgan fingerprint density at radius 3 is 2.10 bits per heavy atom. The number of anilines is 1. The Labute approximate surface area is 234 Å². The highest BCUT2D eigenvalue weighted by Crippen LogP contribution is 2.25. The molecule has 7 nitrogen and oxygen atoms in total. The van der Waals surface area contributed by atoms with Gasteiger partial charge in [-0.05, 0) is 81.3 Å². The highest BCUT2D eigenvalue weighted by atomic mass is 35.5. The first kappa shape index (κ1) is 30.1. The molecule has 208 valence electrons. The van der Waals surface area contributed by atoms with E-state index in [2.05, 4.69) is 5.32 Å². The number of halogens is 2. The van der Waals surface area contributed by atoms with Crippen LogP contribution >= 0.6 is 11.6 Å². The van der Waals surface area contributed by atoms with Gasteiger partial charge in [-0.3, -0.25) is 13.9 Å². The third kappa shape index (κ3) is 7.80. The Balaban J connectivity index is 2.01. The van der Waals surface area contributed by atoms with E-state index in [-0.39, 0.29) is 29.1 Å². The number of hydrogen-bond donors (Lipinski definition) is 1. The van der Waals surface area contributed by atoms with Crippen molar-refractivity contribution in [3.05, 3.63) is 94.8 Å². The lowest BCUT2D eigenvalue weighted by Gasteiger charge is -2.32. The van der Waals surface area contributed by atoms with Crippen molar-refractivity contribution in [3.63, 3.8) is 0 Å². The lowest BCUT2D eigenvalue weighted by molar-refractivity contribution is -0.139. The van der Waals surface area contributed by atoms with Crippen molar-refractivity contribution >= 4 is 39.1 Å². The number of carbonyl (C=O) groups excluding carboxylic acids is 2. The summed E-state index contributed by atoms with van der Waals surface area (Å²) in [6, 6.07) is 17.0. The van der Waals surface area contributed by atoms with E-state index in [1.54, 1.807) is 55.5 Å². The van der Waals surface area contributed by atoms with Crippen LogP contribution in [0.4, 0.5) is 10.1 Å². The fourth-order valence-corrected chi connectivity index (χ4v) is 5.35. The predicted octanol–water partition coefficient (Wildman–Crippen LogP) is 5.31. The van der Waals surface area contributed by atoms with E-state index in [1.165, 1.54) is 4.90 Å². The largest absolute Gasteiger partial charge is 0.352 e. The van der Waals surface area contributed by atoms with E-state index in [1.807, 2.05) is 20.8 Å². The molecule has 3 aromatic carbocycles. The van der Waals surface area contributed by atoms with Crippen LogP contribution in [-0.2, 0) is 26.2 Å². The molecule has 10 heteroatoms. The first-order valence-electron chi connectivity index (χ1n) is 12.6. The molecular formula is C29H33ClFN3O4S. The average Bonchev–Trinajstić information content (AvgIpc) is 2.91. The van der Waals surface area contributed by atoms with Crippen molar-refractivity contribution in [1.29, 1.82) is 0 Å². The minimum atomic E-state index is -4.26. The van der Waals surface area contributed by atoms with Crippen molar-refractivity contribution < 1.29 is 22.4 Å². The summed E-state index contributed by atoms with van der Waals surface area (Å²) in [5.74, 6) is -1.51. The second-order valence-corrected chi connectivity index (χ2v) is 11.7. The summed E-state index contributed by atoms with van der Waals surface area (Å²) in [7, 11) is -4.26. The van der Waals surface area contributed by atoms with E-state index < -0.39 is 34.3 Å². The number of hydrogen-bond acceptors (Lipinski definition) is 4. The molecule has 0 aromatic heterocycles. The maximum atomic E-state index is 13.9. The number of benzene rings is 3. The first-order chi connectivity index (χ1) is 18.4. The van der Waals surface area contributed by atoms with Crippen LogP contribution in [0.3, 0.4) is 0 Å². The number of amides is 2. The van der Waals surface area contributed by atoms with Crippen LogP contribution in [0, 0.1) is 12.7 Å². The van der Waals surface area contributed by atoms with Gasteiger partial charge in [0.2, 0.25) is 11.8 Å². The number of nitrogens with zero attached hydrogens (tertiary/aromatic N) is 2. The quantitative estimate of drug-likeness (QED) is 0.337. The maximum Gasteiger partial charge on any atom is 0.264 e. The minimum absolute atomic E-state index is 0.0590. The van der Waals surface area contributed by atoms with Crippen LogP contribution in [0.2, 0.25) is 5.02 Å². The summed E-state index contributed by atoms with van der Waals surface area (Å²) in [6.45, 7) is 6.76. The van der Waals surface area contributed by atoms with Crippen LogP contribution < -0.4 is 9.62 Å². The number of rotatable bonds is 11. The van der Waals surface area contributed by atoms with Crippen molar-refractivity contribution in [2.75, 3.05) is 10.8 Å². The molecule has 3 aromatic rings. The molecule has 0 bridgehead atoms. The van der Waals surface area contributed by atoms with Crippen LogP contribution in [0.5, 0.6) is 0 Å². The van der Waals surface area contributed by atoms with Gasteiger partial charge in [-0.25, -0.2) is 12.8 Å². The molecule has 39 heavy (non-hydrogen) atoms. The third-order valence-electron chi connectivity index (χ3n) is 6.44. The zero-order valence-corrected chi connectivity index (χ0v) is 24.0. The molecule has 1 N–H and O–H groups in total. The van der Waals surface area contributed by atoms with E-state index >= 15 is 0 Å². The predicted molar refractivity (Wildman–Crippen MR) is 151 cm³/mol. The molecule has 0 fully saturated rings. The smallest absolute Gasteiger partial charge is 0.264 e. The Hall–Kier alpha value is -3.43. The lowest BCUT2D eigenvalue weighted by Crippen LogP contribution is -2.52. The van der Waals surface area contributed by atoms with Crippen LogP contribution in [0.15, 0.2) is 77.7 Å². The van der Waals surface area contributed by atoms with Gasteiger partial charge in [-0.15, -0.1) is 0 Å². The molecule has 3 rings (SSSR count). The Kier molecular flexibility index (Phi) is 10.1. The molecule has 0 saturated heterocycles. The fourth-order valence-electron chi connectivity index (χ4n) is 3.81. The van der Waals surface area contributed by atoms with Gasteiger partial charge >= 0.3 is 0 Å².